The van der Waals surface area contributed by atoms with Gasteiger partial charge in [-0.3, -0.25) is 9.10 Å². The van der Waals surface area contributed by atoms with E-state index in [0.29, 0.717) is 5.69 Å². The Labute approximate surface area is 145 Å². The molecule has 0 aliphatic heterocycles. The Balaban J connectivity index is 2.19. The fraction of sp³-hybridized carbons (Fsp3) is 0.611. The number of carbonyl (C=O) groups excluding carboxylic acids is 1. The normalized spacial score (nSPS) is 16.2. The smallest absolute Gasteiger partial charge is 0.240 e. The molecule has 1 N–H and O–H groups in total. The van der Waals surface area contributed by atoms with Crippen LogP contribution >= 0.6 is 0 Å². The number of nitrogens with one attached hydrogen (secondary N) is 1. The van der Waals surface area contributed by atoms with Crippen LogP contribution in [-0.4, -0.2) is 33.2 Å². The number of hydrogen-bond donors (Lipinski definition) is 1. The number of sulfonamides is 1. The van der Waals surface area contributed by atoms with Gasteiger partial charge in [0.05, 0.1) is 11.9 Å². The highest BCUT2D eigenvalue weighted by Gasteiger charge is 2.25. The van der Waals surface area contributed by atoms with Crippen LogP contribution in [0.5, 0.6) is 0 Å². The van der Waals surface area contributed by atoms with Crippen LogP contribution in [0.2, 0.25) is 0 Å². The lowest BCUT2D eigenvalue weighted by molar-refractivity contribution is -0.120. The number of nitrogens with zero attached hydrogens (tertiary/aromatic N) is 1. The molecule has 6 heteroatoms. The first-order valence-corrected chi connectivity index (χ1v) is 10.5. The zero-order valence-electron chi connectivity index (χ0n) is 14.8. The highest BCUT2D eigenvalue weighted by molar-refractivity contribution is 7.92. The molecule has 0 radical (unpaired) electrons. The molecular weight excluding hydrogens is 324 g/mol. The third kappa shape index (κ3) is 4.97. The number of hydrogen-bond acceptors (Lipinski definition) is 3. The topological polar surface area (TPSA) is 66.5 Å². The van der Waals surface area contributed by atoms with Gasteiger partial charge >= 0.3 is 0 Å². The van der Waals surface area contributed by atoms with E-state index in [2.05, 4.69) is 5.32 Å². The second kappa shape index (κ2) is 8.01. The average molecular weight is 353 g/mol. The molecule has 0 atom stereocenters. The molecule has 2 rings (SSSR count). The van der Waals surface area contributed by atoms with Gasteiger partial charge in [0.2, 0.25) is 15.9 Å². The Morgan fingerprint density at radius 2 is 1.83 bits per heavy atom. The molecule has 1 saturated carbocycles. The lowest BCUT2D eigenvalue weighted by Gasteiger charge is -2.28. The molecule has 0 spiro atoms. The summed E-state index contributed by atoms with van der Waals surface area (Å²) >= 11 is 0. The Bertz CT molecular complexity index is 665. The van der Waals surface area contributed by atoms with Crippen molar-refractivity contribution in [3.63, 3.8) is 0 Å². The fourth-order valence-corrected chi connectivity index (χ4v) is 4.11. The van der Waals surface area contributed by atoms with Crippen LogP contribution in [0.4, 0.5) is 5.69 Å². The average Bonchev–Trinajstić information content (AvgIpc) is 2.52. The Hall–Kier alpha value is -1.56. The van der Waals surface area contributed by atoms with Crippen LogP contribution in [0.1, 0.15) is 57.4 Å². The van der Waals surface area contributed by atoms with Crippen molar-refractivity contribution in [2.45, 2.75) is 57.9 Å². The summed E-state index contributed by atoms with van der Waals surface area (Å²) in [6.45, 7) is 3.86. The van der Waals surface area contributed by atoms with Crippen LogP contribution in [0.25, 0.3) is 0 Å². The van der Waals surface area contributed by atoms with Crippen molar-refractivity contribution >= 4 is 21.6 Å². The van der Waals surface area contributed by atoms with Gasteiger partial charge in [-0.05, 0) is 30.4 Å². The van der Waals surface area contributed by atoms with Gasteiger partial charge < -0.3 is 5.32 Å². The number of amides is 1. The Morgan fingerprint density at radius 3 is 2.42 bits per heavy atom. The van der Waals surface area contributed by atoms with Gasteiger partial charge in [-0.25, -0.2) is 8.42 Å². The minimum Gasteiger partial charge on any atom is -0.352 e. The summed E-state index contributed by atoms with van der Waals surface area (Å²) in [6.07, 6.45) is 6.57. The lowest BCUT2D eigenvalue weighted by Crippen LogP contribution is -2.44. The van der Waals surface area contributed by atoms with Gasteiger partial charge in [0.15, 0.2) is 0 Å². The molecule has 1 fully saturated rings. The Morgan fingerprint density at radius 1 is 1.21 bits per heavy atom. The van der Waals surface area contributed by atoms with Gasteiger partial charge in [-0.15, -0.1) is 0 Å². The predicted octanol–water partition coefficient (Wildman–Crippen LogP) is 3.02. The molecule has 1 aliphatic rings. The van der Waals surface area contributed by atoms with E-state index < -0.39 is 10.0 Å². The molecule has 0 unspecified atom stereocenters. The molecule has 0 aromatic heterocycles. The van der Waals surface area contributed by atoms with Crippen molar-refractivity contribution in [3.8, 4) is 0 Å². The summed E-state index contributed by atoms with van der Waals surface area (Å²) in [6, 6.07) is 7.55. The number of para-hydroxylation sites is 1. The van der Waals surface area contributed by atoms with Crippen LogP contribution in [0, 0.1) is 0 Å². The standard InChI is InChI=1S/C18H28N2O3S/c1-14(2)16-11-7-8-12-17(16)20(24(3,22)23)13-18(21)19-15-9-5-4-6-10-15/h7-8,11-12,14-15H,4-6,9-10,13H2,1-3H3,(H,19,21). The zero-order chi connectivity index (χ0) is 17.7. The quantitative estimate of drug-likeness (QED) is 0.856. The van der Waals surface area contributed by atoms with Crippen LogP contribution in [-0.2, 0) is 14.8 Å². The molecule has 24 heavy (non-hydrogen) atoms. The number of carbonyl (C=O) groups is 1. The third-order valence-corrected chi connectivity index (χ3v) is 5.61. The molecule has 1 amide bonds. The predicted molar refractivity (Wildman–Crippen MR) is 97.7 cm³/mol. The van der Waals surface area contributed by atoms with Crippen molar-refractivity contribution in [2.75, 3.05) is 17.1 Å². The first-order valence-electron chi connectivity index (χ1n) is 8.65. The minimum absolute atomic E-state index is 0.168. The molecule has 1 aromatic carbocycles. The molecule has 1 aromatic rings. The summed E-state index contributed by atoms with van der Waals surface area (Å²) in [4.78, 5) is 12.4. The largest absolute Gasteiger partial charge is 0.352 e. The first kappa shape index (κ1) is 18.8. The molecule has 0 bridgehead atoms. The molecule has 0 saturated heterocycles. The van der Waals surface area contributed by atoms with Gasteiger partial charge in [-0.1, -0.05) is 51.3 Å². The van der Waals surface area contributed by atoms with Crippen LogP contribution < -0.4 is 9.62 Å². The highest BCUT2D eigenvalue weighted by Crippen LogP contribution is 2.28. The second-order valence-electron chi connectivity index (χ2n) is 6.89. The molecule has 134 valence electrons. The second-order valence-corrected chi connectivity index (χ2v) is 8.79. The van der Waals surface area contributed by atoms with Crippen molar-refractivity contribution in [2.24, 2.45) is 0 Å². The minimum atomic E-state index is -3.54. The van der Waals surface area contributed by atoms with Crippen LogP contribution in [0.3, 0.4) is 0 Å². The lowest BCUT2D eigenvalue weighted by atomic mass is 9.95. The summed E-state index contributed by atoms with van der Waals surface area (Å²) in [7, 11) is -3.54. The highest BCUT2D eigenvalue weighted by atomic mass is 32.2. The first-order chi connectivity index (χ1) is 11.3. The van der Waals surface area contributed by atoms with Crippen LogP contribution in [0.15, 0.2) is 24.3 Å². The SMILES string of the molecule is CC(C)c1ccccc1N(CC(=O)NC1CCCCC1)S(C)(=O)=O. The van der Waals surface area contributed by atoms with Gasteiger partial charge in [0.1, 0.15) is 6.54 Å². The summed E-state index contributed by atoms with van der Waals surface area (Å²) in [5.74, 6) is -0.0576. The molecular formula is C18H28N2O3S. The van der Waals surface area contributed by atoms with Gasteiger partial charge in [0.25, 0.3) is 0 Å². The third-order valence-electron chi connectivity index (χ3n) is 4.49. The summed E-state index contributed by atoms with van der Waals surface area (Å²) in [5, 5.41) is 2.99. The molecule has 1 aliphatic carbocycles. The van der Waals surface area contributed by atoms with Gasteiger partial charge in [-0.2, -0.15) is 0 Å². The molecule has 5 nitrogen and oxygen atoms in total. The number of benzene rings is 1. The van der Waals surface area contributed by atoms with E-state index in [4.69, 9.17) is 0 Å². The van der Waals surface area contributed by atoms with Crippen molar-refractivity contribution < 1.29 is 13.2 Å². The van der Waals surface area contributed by atoms with E-state index in [-0.39, 0.29) is 24.4 Å². The van der Waals surface area contributed by atoms with Crippen molar-refractivity contribution in [3.05, 3.63) is 29.8 Å². The monoisotopic (exact) mass is 352 g/mol. The van der Waals surface area contributed by atoms with E-state index >= 15 is 0 Å². The van der Waals surface area contributed by atoms with E-state index in [0.717, 1.165) is 37.5 Å². The zero-order valence-corrected chi connectivity index (χ0v) is 15.6. The van der Waals surface area contributed by atoms with Crippen molar-refractivity contribution in [1.29, 1.82) is 0 Å². The number of rotatable bonds is 6. The van der Waals surface area contributed by atoms with E-state index in [9.17, 15) is 13.2 Å². The summed E-state index contributed by atoms with van der Waals surface area (Å²) < 4.78 is 25.8. The van der Waals surface area contributed by atoms with Gasteiger partial charge in [0, 0.05) is 6.04 Å². The van der Waals surface area contributed by atoms with E-state index in [1.807, 2.05) is 26.0 Å². The van der Waals surface area contributed by atoms with E-state index in [1.165, 1.54) is 10.7 Å². The maximum absolute atomic E-state index is 12.4. The molecule has 0 heterocycles. The number of anilines is 1. The fourth-order valence-electron chi connectivity index (χ4n) is 3.23. The maximum Gasteiger partial charge on any atom is 0.240 e. The van der Waals surface area contributed by atoms with E-state index in [1.54, 1.807) is 12.1 Å². The maximum atomic E-state index is 12.4. The Kier molecular flexibility index (Phi) is 6.27. The van der Waals surface area contributed by atoms with Crippen molar-refractivity contribution in [1.82, 2.24) is 5.32 Å². The summed E-state index contributed by atoms with van der Waals surface area (Å²) in [5.41, 5.74) is 1.52.